The number of rotatable bonds is 6. The van der Waals surface area contributed by atoms with Crippen LogP contribution in [0.1, 0.15) is 68.8 Å². The maximum absolute atomic E-state index is 13.7. The van der Waals surface area contributed by atoms with Crippen molar-refractivity contribution in [1.82, 2.24) is 25.2 Å². The number of alkyl halides is 3. The molecule has 2 N–H and O–H groups in total. The standard InChI is InChI=1S/C22H28F3N5O3S/c1-21(2,3)18(30-9-16(27-28-30)12-4-5-12)20(33)29-8-14(31)6-17(29)19(32)26-7-13-10-34-11-15(13)22(23,24)25/h9-12,14,17-18,31H,4-8H2,1-3H3,(H,26,32)/t14-,17+,18-/m1/s1. The van der Waals surface area contributed by atoms with E-state index in [0.717, 1.165) is 35.3 Å². The topological polar surface area (TPSA) is 100 Å². The lowest BCUT2D eigenvalue weighted by Gasteiger charge is -2.34. The molecule has 2 fully saturated rings. The van der Waals surface area contributed by atoms with Crippen molar-refractivity contribution < 1.29 is 27.9 Å². The number of aliphatic hydroxyl groups is 1. The fourth-order valence-corrected chi connectivity index (χ4v) is 5.20. The van der Waals surface area contributed by atoms with Crippen molar-refractivity contribution in [3.63, 3.8) is 0 Å². The Labute approximate surface area is 199 Å². The summed E-state index contributed by atoms with van der Waals surface area (Å²) in [5, 5.41) is 23.5. The molecule has 0 radical (unpaired) electrons. The number of nitrogens with one attached hydrogen (secondary N) is 1. The Bertz CT molecular complexity index is 1060. The van der Waals surface area contributed by atoms with Crippen molar-refractivity contribution >= 4 is 23.2 Å². The zero-order chi connectivity index (χ0) is 24.8. The van der Waals surface area contributed by atoms with E-state index in [1.807, 2.05) is 20.8 Å². The number of aromatic nitrogens is 3. The number of aliphatic hydroxyl groups excluding tert-OH is 1. The molecule has 2 aromatic heterocycles. The lowest BCUT2D eigenvalue weighted by molar-refractivity contribution is -0.144. The quantitative estimate of drug-likeness (QED) is 0.636. The minimum absolute atomic E-state index is 0.00881. The van der Waals surface area contributed by atoms with Gasteiger partial charge in [-0.25, -0.2) is 4.68 Å². The van der Waals surface area contributed by atoms with Crippen molar-refractivity contribution in [2.45, 2.75) is 76.9 Å². The van der Waals surface area contributed by atoms with Crippen LogP contribution in [0.25, 0.3) is 0 Å². The van der Waals surface area contributed by atoms with Gasteiger partial charge in [0.15, 0.2) is 0 Å². The van der Waals surface area contributed by atoms with Gasteiger partial charge in [-0.1, -0.05) is 26.0 Å². The van der Waals surface area contributed by atoms with Gasteiger partial charge in [-0.3, -0.25) is 9.59 Å². The summed E-state index contributed by atoms with van der Waals surface area (Å²) in [5.41, 5.74) is -0.569. The van der Waals surface area contributed by atoms with Crippen LogP contribution in [0, 0.1) is 5.41 Å². The number of carbonyl (C=O) groups excluding carboxylic acids is 2. The Morgan fingerprint density at radius 3 is 2.59 bits per heavy atom. The van der Waals surface area contributed by atoms with Gasteiger partial charge in [-0.15, -0.1) is 5.10 Å². The van der Waals surface area contributed by atoms with Gasteiger partial charge in [0.05, 0.1) is 17.4 Å². The van der Waals surface area contributed by atoms with Crippen LogP contribution in [0.2, 0.25) is 0 Å². The van der Waals surface area contributed by atoms with E-state index in [9.17, 15) is 27.9 Å². The van der Waals surface area contributed by atoms with Gasteiger partial charge < -0.3 is 15.3 Å². The summed E-state index contributed by atoms with van der Waals surface area (Å²) < 4.78 is 40.9. The molecule has 0 aromatic carbocycles. The summed E-state index contributed by atoms with van der Waals surface area (Å²) in [7, 11) is 0. The molecule has 34 heavy (non-hydrogen) atoms. The van der Waals surface area contributed by atoms with Crippen molar-refractivity contribution in [3.05, 3.63) is 33.8 Å². The summed E-state index contributed by atoms with van der Waals surface area (Å²) in [6, 6.07) is -1.76. The van der Waals surface area contributed by atoms with Gasteiger partial charge in [-0.05, 0) is 29.2 Å². The Balaban J connectivity index is 1.51. The summed E-state index contributed by atoms with van der Waals surface area (Å²) in [6.45, 7) is 5.28. The molecule has 8 nitrogen and oxygen atoms in total. The molecule has 2 aromatic rings. The largest absolute Gasteiger partial charge is 0.417 e. The average molecular weight is 500 g/mol. The minimum atomic E-state index is -4.51. The van der Waals surface area contributed by atoms with Crippen LogP contribution in [-0.2, 0) is 22.3 Å². The molecular weight excluding hydrogens is 471 g/mol. The van der Waals surface area contributed by atoms with E-state index in [1.54, 1.807) is 6.20 Å². The third kappa shape index (κ3) is 5.12. The second-order valence-electron chi connectivity index (χ2n) is 10.1. The van der Waals surface area contributed by atoms with Crippen LogP contribution in [0.5, 0.6) is 0 Å². The summed E-state index contributed by atoms with van der Waals surface area (Å²) >= 11 is 0.904. The molecule has 2 aliphatic rings. The third-order valence-corrected chi connectivity index (χ3v) is 7.00. The van der Waals surface area contributed by atoms with E-state index >= 15 is 0 Å². The molecule has 0 bridgehead atoms. The van der Waals surface area contributed by atoms with Crippen LogP contribution >= 0.6 is 11.3 Å². The van der Waals surface area contributed by atoms with Gasteiger partial charge in [0.1, 0.15) is 12.1 Å². The number of β-amino-alcohol motifs (C(OH)–C–C–N with tert-alkyl or cyclic N) is 1. The average Bonchev–Trinajstić information content (AvgIpc) is 3.12. The smallest absolute Gasteiger partial charge is 0.391 e. The fraction of sp³-hybridized carbons (Fsp3) is 0.636. The predicted molar refractivity (Wildman–Crippen MR) is 118 cm³/mol. The van der Waals surface area contributed by atoms with Crippen molar-refractivity contribution in [2.24, 2.45) is 5.41 Å². The van der Waals surface area contributed by atoms with Gasteiger partial charge in [0.2, 0.25) is 11.8 Å². The third-order valence-electron chi connectivity index (χ3n) is 6.21. The molecule has 3 heterocycles. The van der Waals surface area contributed by atoms with Crippen LogP contribution in [0.15, 0.2) is 17.0 Å². The number of hydrogen-bond donors (Lipinski definition) is 2. The number of nitrogens with zero attached hydrogens (tertiary/aromatic N) is 4. The zero-order valence-corrected chi connectivity index (χ0v) is 20.0. The lowest BCUT2D eigenvalue weighted by atomic mass is 9.85. The first-order chi connectivity index (χ1) is 15.9. The van der Waals surface area contributed by atoms with Gasteiger partial charge in [-0.2, -0.15) is 24.5 Å². The Morgan fingerprint density at radius 2 is 1.97 bits per heavy atom. The first-order valence-corrected chi connectivity index (χ1v) is 12.1. The highest BCUT2D eigenvalue weighted by Gasteiger charge is 2.45. The normalized spacial score (nSPS) is 22.1. The molecule has 1 saturated carbocycles. The van der Waals surface area contributed by atoms with Gasteiger partial charge in [0, 0.05) is 37.0 Å². The number of hydrogen-bond acceptors (Lipinski definition) is 6. The highest BCUT2D eigenvalue weighted by atomic mass is 32.1. The van der Waals surface area contributed by atoms with E-state index in [-0.39, 0.29) is 31.0 Å². The molecule has 1 aliphatic carbocycles. The SMILES string of the molecule is CC(C)(C)[C@@H](C(=O)N1C[C@H](O)C[C@H]1C(=O)NCc1cscc1C(F)(F)F)n1cc(C2CC2)nn1. The predicted octanol–water partition coefficient (Wildman–Crippen LogP) is 3.10. The van der Waals surface area contributed by atoms with E-state index in [0.29, 0.717) is 5.92 Å². The van der Waals surface area contributed by atoms with E-state index in [1.165, 1.54) is 15.0 Å². The van der Waals surface area contributed by atoms with E-state index in [2.05, 4.69) is 15.6 Å². The molecule has 1 saturated heterocycles. The Kier molecular flexibility index (Phi) is 6.49. The molecule has 2 amide bonds. The Morgan fingerprint density at radius 1 is 1.26 bits per heavy atom. The van der Waals surface area contributed by atoms with Crippen molar-refractivity contribution in [1.29, 1.82) is 0 Å². The number of thiophene rings is 1. The van der Waals surface area contributed by atoms with E-state index in [4.69, 9.17) is 0 Å². The molecule has 3 atom stereocenters. The number of amides is 2. The second-order valence-corrected chi connectivity index (χ2v) is 10.8. The summed E-state index contributed by atoms with van der Waals surface area (Å²) in [5.74, 6) is -0.632. The number of halogens is 3. The van der Waals surface area contributed by atoms with Crippen LogP contribution < -0.4 is 5.32 Å². The maximum Gasteiger partial charge on any atom is 0.417 e. The van der Waals surface area contributed by atoms with Crippen LogP contribution in [0.3, 0.4) is 0 Å². The monoisotopic (exact) mass is 499 g/mol. The second kappa shape index (κ2) is 8.95. The van der Waals surface area contributed by atoms with E-state index < -0.39 is 41.2 Å². The van der Waals surface area contributed by atoms with Gasteiger partial charge in [0.25, 0.3) is 0 Å². The molecule has 12 heteroatoms. The highest BCUT2D eigenvalue weighted by Crippen LogP contribution is 2.40. The van der Waals surface area contributed by atoms with Gasteiger partial charge >= 0.3 is 6.18 Å². The van der Waals surface area contributed by atoms with Crippen molar-refractivity contribution in [2.75, 3.05) is 6.54 Å². The number of carbonyl (C=O) groups is 2. The molecule has 1 aliphatic heterocycles. The molecular formula is C22H28F3N5O3S. The fourth-order valence-electron chi connectivity index (χ4n) is 4.34. The number of likely N-dealkylation sites (tertiary alicyclic amines) is 1. The maximum atomic E-state index is 13.7. The minimum Gasteiger partial charge on any atom is -0.391 e. The lowest BCUT2D eigenvalue weighted by Crippen LogP contribution is -2.50. The zero-order valence-electron chi connectivity index (χ0n) is 19.2. The van der Waals surface area contributed by atoms with Crippen molar-refractivity contribution in [3.8, 4) is 0 Å². The molecule has 0 unspecified atom stereocenters. The first-order valence-electron chi connectivity index (χ1n) is 11.2. The van der Waals surface area contributed by atoms with Crippen LogP contribution in [0.4, 0.5) is 13.2 Å². The molecule has 186 valence electrons. The molecule has 4 rings (SSSR count). The summed E-state index contributed by atoms with van der Waals surface area (Å²) in [6.07, 6.45) is -1.58. The van der Waals surface area contributed by atoms with Crippen LogP contribution in [-0.4, -0.2) is 55.5 Å². The highest BCUT2D eigenvalue weighted by molar-refractivity contribution is 7.08. The molecule has 0 spiro atoms. The Hall–Kier alpha value is -2.47. The first kappa shape index (κ1) is 24.6. The summed E-state index contributed by atoms with van der Waals surface area (Å²) in [4.78, 5) is 27.9.